The Bertz CT molecular complexity index is 1070. The third-order valence-electron chi connectivity index (χ3n) is 5.94. The van der Waals surface area contributed by atoms with Gasteiger partial charge in [0.2, 0.25) is 0 Å². The number of likely N-dealkylation sites (tertiary alicyclic amines) is 1. The summed E-state index contributed by atoms with van der Waals surface area (Å²) in [5.41, 5.74) is 4.97. The minimum atomic E-state index is 0.0884. The van der Waals surface area contributed by atoms with Gasteiger partial charge in [-0.1, -0.05) is 17.7 Å². The molecule has 5 heterocycles. The predicted octanol–water partition coefficient (Wildman–Crippen LogP) is 3.21. The second kappa shape index (κ2) is 6.87. The van der Waals surface area contributed by atoms with Gasteiger partial charge in [0.05, 0.1) is 16.4 Å². The number of H-pyrrole nitrogens is 1. The van der Waals surface area contributed by atoms with Crippen LogP contribution in [0.4, 0.5) is 0 Å². The zero-order valence-corrected chi connectivity index (χ0v) is 16.5. The Hall–Kier alpha value is -2.44. The molecule has 2 aliphatic rings. The number of hydrogen-bond donors (Lipinski definition) is 1. The third-order valence-corrected chi connectivity index (χ3v) is 6.44. The standard InChI is InChI=1S/C21H22ClN5O/c1-13-21(22)18(25-24-13)12-26-9-14-5-17(11-26)19-6-16(7-20(28)27(19)10-14)15-3-2-4-23-8-15/h2-4,6-8,14,17H,5,9-12H2,1H3,(H,24,25)/t14-,17+/m0/s1. The van der Waals surface area contributed by atoms with Gasteiger partial charge in [-0.3, -0.25) is 19.8 Å². The highest BCUT2D eigenvalue weighted by Crippen LogP contribution is 2.37. The topological polar surface area (TPSA) is 66.8 Å². The lowest BCUT2D eigenvalue weighted by Crippen LogP contribution is -2.46. The Morgan fingerprint density at radius 3 is 2.89 bits per heavy atom. The van der Waals surface area contributed by atoms with Crippen LogP contribution in [0.5, 0.6) is 0 Å². The molecular weight excluding hydrogens is 374 g/mol. The largest absolute Gasteiger partial charge is 0.312 e. The molecule has 0 spiro atoms. The van der Waals surface area contributed by atoms with Crippen molar-refractivity contribution in [3.05, 3.63) is 69.1 Å². The highest BCUT2D eigenvalue weighted by atomic mass is 35.5. The summed E-state index contributed by atoms with van der Waals surface area (Å²) in [6.07, 6.45) is 4.69. The van der Waals surface area contributed by atoms with Crippen LogP contribution in [0.3, 0.4) is 0 Å². The van der Waals surface area contributed by atoms with E-state index in [2.05, 4.69) is 26.1 Å². The molecule has 2 atom stereocenters. The second-order valence-corrected chi connectivity index (χ2v) is 8.34. The van der Waals surface area contributed by atoms with Gasteiger partial charge in [-0.15, -0.1) is 0 Å². The van der Waals surface area contributed by atoms with Crippen LogP contribution >= 0.6 is 11.6 Å². The number of nitrogens with one attached hydrogen (secondary N) is 1. The first kappa shape index (κ1) is 17.6. The van der Waals surface area contributed by atoms with Crippen LogP contribution in [-0.2, 0) is 13.1 Å². The van der Waals surface area contributed by atoms with E-state index in [9.17, 15) is 4.79 Å². The van der Waals surface area contributed by atoms with Gasteiger partial charge < -0.3 is 4.57 Å². The van der Waals surface area contributed by atoms with Crippen LogP contribution < -0.4 is 5.56 Å². The first-order chi connectivity index (χ1) is 13.6. The monoisotopic (exact) mass is 395 g/mol. The Kier molecular flexibility index (Phi) is 4.33. The highest BCUT2D eigenvalue weighted by Gasteiger charge is 2.35. The number of nitrogens with zero attached hydrogens (tertiary/aromatic N) is 4. The summed E-state index contributed by atoms with van der Waals surface area (Å²) in [6.45, 7) is 5.33. The van der Waals surface area contributed by atoms with E-state index in [0.717, 1.165) is 65.8 Å². The third kappa shape index (κ3) is 3.06. The van der Waals surface area contributed by atoms with Crippen molar-refractivity contribution in [1.29, 1.82) is 0 Å². The fourth-order valence-electron chi connectivity index (χ4n) is 4.67. The maximum Gasteiger partial charge on any atom is 0.251 e. The number of aromatic amines is 1. The van der Waals surface area contributed by atoms with Crippen molar-refractivity contribution >= 4 is 11.6 Å². The summed E-state index contributed by atoms with van der Waals surface area (Å²) in [5.74, 6) is 0.822. The first-order valence-electron chi connectivity index (χ1n) is 9.65. The van der Waals surface area contributed by atoms with E-state index in [1.807, 2.05) is 29.8 Å². The van der Waals surface area contributed by atoms with E-state index in [4.69, 9.17) is 11.6 Å². The summed E-state index contributed by atoms with van der Waals surface area (Å²) in [4.78, 5) is 19.4. The van der Waals surface area contributed by atoms with Crippen LogP contribution in [0, 0.1) is 12.8 Å². The maximum absolute atomic E-state index is 12.8. The molecule has 2 aliphatic heterocycles. The van der Waals surface area contributed by atoms with Gasteiger partial charge in [0.15, 0.2) is 0 Å². The molecule has 0 saturated carbocycles. The lowest BCUT2D eigenvalue weighted by Gasteiger charge is -2.42. The van der Waals surface area contributed by atoms with E-state index in [-0.39, 0.29) is 5.56 Å². The molecule has 1 saturated heterocycles. The van der Waals surface area contributed by atoms with Crippen molar-refractivity contribution in [2.45, 2.75) is 32.4 Å². The van der Waals surface area contributed by atoms with E-state index in [1.165, 1.54) is 0 Å². The molecule has 2 bridgehead atoms. The van der Waals surface area contributed by atoms with Gasteiger partial charge >= 0.3 is 0 Å². The predicted molar refractivity (Wildman–Crippen MR) is 108 cm³/mol. The van der Waals surface area contributed by atoms with E-state index in [0.29, 0.717) is 11.8 Å². The normalized spacial score (nSPS) is 21.5. The van der Waals surface area contributed by atoms with Crippen LogP contribution in [-0.4, -0.2) is 37.7 Å². The minimum Gasteiger partial charge on any atom is -0.312 e. The number of piperidine rings is 1. The van der Waals surface area contributed by atoms with Crippen molar-refractivity contribution < 1.29 is 0 Å². The molecule has 3 aromatic rings. The summed E-state index contributed by atoms with van der Waals surface area (Å²) in [5, 5.41) is 8.05. The smallest absolute Gasteiger partial charge is 0.251 e. The Morgan fingerprint density at radius 1 is 1.25 bits per heavy atom. The molecule has 7 heteroatoms. The van der Waals surface area contributed by atoms with Crippen molar-refractivity contribution in [3.8, 4) is 11.1 Å². The zero-order chi connectivity index (χ0) is 19.3. The molecule has 0 amide bonds. The fraction of sp³-hybridized carbons (Fsp3) is 0.381. The number of rotatable bonds is 3. The summed E-state index contributed by atoms with van der Waals surface area (Å²) in [7, 11) is 0. The quantitative estimate of drug-likeness (QED) is 0.739. The van der Waals surface area contributed by atoms with Crippen LogP contribution in [0.2, 0.25) is 5.02 Å². The van der Waals surface area contributed by atoms with Crippen LogP contribution in [0.25, 0.3) is 11.1 Å². The number of aromatic nitrogens is 4. The number of aryl methyl sites for hydroxylation is 1. The molecule has 3 aromatic heterocycles. The second-order valence-electron chi connectivity index (χ2n) is 7.96. The average Bonchev–Trinajstić information content (AvgIpc) is 3.01. The van der Waals surface area contributed by atoms with Crippen molar-refractivity contribution in [1.82, 2.24) is 24.6 Å². The van der Waals surface area contributed by atoms with Gasteiger partial charge in [-0.25, -0.2) is 0 Å². The maximum atomic E-state index is 12.8. The molecule has 1 fully saturated rings. The average molecular weight is 396 g/mol. The SMILES string of the molecule is Cc1[nH]nc(CN2C[C@@H]3C[C@H](C2)c2cc(-c4cccnc4)cc(=O)n2C3)c1Cl. The van der Waals surface area contributed by atoms with Crippen molar-refractivity contribution in [2.75, 3.05) is 13.1 Å². The molecule has 6 nitrogen and oxygen atoms in total. The van der Waals surface area contributed by atoms with Crippen LogP contribution in [0.1, 0.15) is 29.4 Å². The molecule has 144 valence electrons. The number of halogens is 1. The molecule has 28 heavy (non-hydrogen) atoms. The zero-order valence-electron chi connectivity index (χ0n) is 15.7. The molecule has 1 N–H and O–H groups in total. The molecule has 0 aliphatic carbocycles. The molecule has 0 unspecified atom stereocenters. The Balaban J connectivity index is 1.46. The van der Waals surface area contributed by atoms with Gasteiger partial charge in [-0.05, 0) is 37.0 Å². The lowest BCUT2D eigenvalue weighted by atomic mass is 9.82. The van der Waals surface area contributed by atoms with E-state index in [1.54, 1.807) is 12.3 Å². The molecule has 0 radical (unpaired) electrons. The van der Waals surface area contributed by atoms with Crippen LogP contribution in [0.15, 0.2) is 41.5 Å². The van der Waals surface area contributed by atoms with Crippen molar-refractivity contribution in [3.63, 3.8) is 0 Å². The molecule has 0 aromatic carbocycles. The summed E-state index contributed by atoms with van der Waals surface area (Å²) >= 11 is 6.37. The number of pyridine rings is 2. The number of fused-ring (bicyclic) bond motifs is 4. The Labute approximate surface area is 168 Å². The number of hydrogen-bond acceptors (Lipinski definition) is 4. The lowest BCUT2D eigenvalue weighted by molar-refractivity contribution is 0.113. The van der Waals surface area contributed by atoms with E-state index >= 15 is 0 Å². The van der Waals surface area contributed by atoms with Gasteiger partial charge in [-0.2, -0.15) is 5.10 Å². The van der Waals surface area contributed by atoms with Gasteiger partial charge in [0.25, 0.3) is 5.56 Å². The van der Waals surface area contributed by atoms with Gasteiger partial charge in [0, 0.05) is 61.8 Å². The highest BCUT2D eigenvalue weighted by molar-refractivity contribution is 6.31. The minimum absolute atomic E-state index is 0.0884. The van der Waals surface area contributed by atoms with Crippen molar-refractivity contribution in [2.24, 2.45) is 5.92 Å². The van der Waals surface area contributed by atoms with E-state index < -0.39 is 0 Å². The summed E-state index contributed by atoms with van der Waals surface area (Å²) in [6, 6.07) is 7.82. The molecular formula is C21H22ClN5O. The first-order valence-corrected chi connectivity index (χ1v) is 10.0. The molecule has 5 rings (SSSR count). The van der Waals surface area contributed by atoms with Gasteiger partial charge in [0.1, 0.15) is 0 Å². The Morgan fingerprint density at radius 2 is 2.14 bits per heavy atom. The summed E-state index contributed by atoms with van der Waals surface area (Å²) < 4.78 is 1.97. The fourth-order valence-corrected chi connectivity index (χ4v) is 4.81.